The van der Waals surface area contributed by atoms with Gasteiger partial charge in [-0.3, -0.25) is 4.90 Å². The molecule has 2 rings (SSSR count). The lowest BCUT2D eigenvalue weighted by molar-refractivity contribution is 0.0291. The number of nitrogens with zero attached hydrogens (tertiary/aromatic N) is 1. The van der Waals surface area contributed by atoms with E-state index in [2.05, 4.69) is 49.1 Å². The van der Waals surface area contributed by atoms with Crippen LogP contribution < -0.4 is 0 Å². The average molecular weight is 219 g/mol. The number of hydrogen-bond donors (Lipinski definition) is 1. The smallest absolute Gasteiger partial charge is 0.0589 e. The van der Waals surface area contributed by atoms with Gasteiger partial charge in [0.05, 0.1) is 6.61 Å². The van der Waals surface area contributed by atoms with E-state index in [-0.39, 0.29) is 6.61 Å². The Kier molecular flexibility index (Phi) is 3.62. The molecule has 16 heavy (non-hydrogen) atoms. The van der Waals surface area contributed by atoms with Crippen LogP contribution in [0.15, 0.2) is 30.3 Å². The van der Waals surface area contributed by atoms with E-state index in [1.807, 2.05) is 0 Å². The zero-order valence-corrected chi connectivity index (χ0v) is 10.1. The van der Waals surface area contributed by atoms with Crippen molar-refractivity contribution in [3.8, 4) is 0 Å². The Labute approximate surface area is 97.9 Å². The molecule has 2 heteroatoms. The van der Waals surface area contributed by atoms with Crippen molar-refractivity contribution in [2.75, 3.05) is 19.7 Å². The van der Waals surface area contributed by atoms with Gasteiger partial charge in [-0.05, 0) is 11.5 Å². The molecule has 1 N–H and O–H groups in total. The summed E-state index contributed by atoms with van der Waals surface area (Å²) in [5.74, 6) is 1.19. The molecule has 1 atom stereocenters. The van der Waals surface area contributed by atoms with E-state index in [1.54, 1.807) is 0 Å². The topological polar surface area (TPSA) is 23.5 Å². The van der Waals surface area contributed by atoms with Gasteiger partial charge in [0.15, 0.2) is 0 Å². The zero-order valence-electron chi connectivity index (χ0n) is 10.1. The lowest BCUT2D eigenvalue weighted by Crippen LogP contribution is -2.53. The van der Waals surface area contributed by atoms with Crippen LogP contribution in [-0.2, 0) is 0 Å². The minimum atomic E-state index is 0.277. The summed E-state index contributed by atoms with van der Waals surface area (Å²) in [5, 5.41) is 9.35. The van der Waals surface area contributed by atoms with Crippen LogP contribution in [0.4, 0.5) is 0 Å². The van der Waals surface area contributed by atoms with Crippen LogP contribution >= 0.6 is 0 Å². The lowest BCUT2D eigenvalue weighted by atomic mass is 9.88. The zero-order chi connectivity index (χ0) is 11.5. The Hall–Kier alpha value is -0.860. The summed E-state index contributed by atoms with van der Waals surface area (Å²) in [6.07, 6.45) is 0. The van der Waals surface area contributed by atoms with Gasteiger partial charge in [0.25, 0.3) is 0 Å². The molecule has 1 aliphatic rings. The molecule has 1 heterocycles. The molecular formula is C14H21NO. The van der Waals surface area contributed by atoms with E-state index in [0.29, 0.717) is 17.9 Å². The highest BCUT2D eigenvalue weighted by molar-refractivity contribution is 5.22. The monoisotopic (exact) mass is 219 g/mol. The van der Waals surface area contributed by atoms with Gasteiger partial charge in [-0.2, -0.15) is 0 Å². The van der Waals surface area contributed by atoms with Crippen LogP contribution in [0.5, 0.6) is 0 Å². The van der Waals surface area contributed by atoms with Crippen molar-refractivity contribution < 1.29 is 5.11 Å². The van der Waals surface area contributed by atoms with Gasteiger partial charge in [-0.25, -0.2) is 0 Å². The molecule has 1 aromatic rings. The number of likely N-dealkylation sites (tertiary alicyclic amines) is 1. The van der Waals surface area contributed by atoms with Crippen LogP contribution in [0, 0.1) is 5.92 Å². The number of aliphatic hydroxyl groups is 1. The maximum absolute atomic E-state index is 9.35. The highest BCUT2D eigenvalue weighted by Crippen LogP contribution is 2.30. The molecule has 1 saturated heterocycles. The number of benzene rings is 1. The third-order valence-corrected chi connectivity index (χ3v) is 3.61. The van der Waals surface area contributed by atoms with Crippen molar-refractivity contribution in [1.82, 2.24) is 4.90 Å². The standard InChI is InChI=1S/C14H21NO/c1-11(2)14(10-16)15-8-13(9-15)12-6-4-3-5-7-12/h3-7,11,13-14,16H,8-10H2,1-2H3/t14-/m0/s1. The van der Waals surface area contributed by atoms with Gasteiger partial charge in [0.2, 0.25) is 0 Å². The Morgan fingerprint density at radius 1 is 1.25 bits per heavy atom. The highest BCUT2D eigenvalue weighted by atomic mass is 16.3. The van der Waals surface area contributed by atoms with E-state index < -0.39 is 0 Å². The Balaban J connectivity index is 1.90. The molecule has 1 fully saturated rings. The molecule has 1 aliphatic heterocycles. The second-order valence-corrected chi connectivity index (χ2v) is 5.06. The third kappa shape index (κ3) is 2.28. The van der Waals surface area contributed by atoms with E-state index in [1.165, 1.54) is 5.56 Å². The molecular weight excluding hydrogens is 198 g/mol. The summed E-state index contributed by atoms with van der Waals surface area (Å²) in [5.41, 5.74) is 1.43. The predicted octanol–water partition coefficient (Wildman–Crippen LogP) is 2.10. The van der Waals surface area contributed by atoms with E-state index in [0.717, 1.165) is 13.1 Å². The molecule has 0 spiro atoms. The first-order chi connectivity index (χ1) is 7.72. The molecule has 0 aromatic heterocycles. The molecule has 0 radical (unpaired) electrons. The first-order valence-electron chi connectivity index (χ1n) is 6.12. The molecule has 0 aliphatic carbocycles. The largest absolute Gasteiger partial charge is 0.395 e. The van der Waals surface area contributed by atoms with Gasteiger partial charge < -0.3 is 5.11 Å². The van der Waals surface area contributed by atoms with Gasteiger partial charge >= 0.3 is 0 Å². The molecule has 0 unspecified atom stereocenters. The summed E-state index contributed by atoms with van der Waals surface area (Å²) in [6.45, 7) is 6.81. The van der Waals surface area contributed by atoms with Crippen molar-refractivity contribution >= 4 is 0 Å². The summed E-state index contributed by atoms with van der Waals surface area (Å²) in [7, 11) is 0. The molecule has 2 nitrogen and oxygen atoms in total. The number of rotatable bonds is 4. The first kappa shape index (κ1) is 11.6. The second-order valence-electron chi connectivity index (χ2n) is 5.06. The van der Waals surface area contributed by atoms with Crippen LogP contribution in [-0.4, -0.2) is 35.7 Å². The summed E-state index contributed by atoms with van der Waals surface area (Å²) >= 11 is 0. The van der Waals surface area contributed by atoms with Crippen LogP contribution in [0.1, 0.15) is 25.3 Å². The fourth-order valence-electron chi connectivity index (χ4n) is 2.47. The van der Waals surface area contributed by atoms with E-state index in [4.69, 9.17) is 0 Å². The van der Waals surface area contributed by atoms with Gasteiger partial charge in [-0.15, -0.1) is 0 Å². The Bertz CT molecular complexity index is 317. The van der Waals surface area contributed by atoms with Crippen molar-refractivity contribution in [3.63, 3.8) is 0 Å². The van der Waals surface area contributed by atoms with Crippen LogP contribution in [0.2, 0.25) is 0 Å². The van der Waals surface area contributed by atoms with E-state index >= 15 is 0 Å². The van der Waals surface area contributed by atoms with E-state index in [9.17, 15) is 5.11 Å². The SMILES string of the molecule is CC(C)[C@H](CO)N1CC(c2ccccc2)C1. The molecule has 0 amide bonds. The molecule has 0 bridgehead atoms. The fraction of sp³-hybridized carbons (Fsp3) is 0.571. The average Bonchev–Trinajstić information content (AvgIpc) is 2.23. The highest BCUT2D eigenvalue weighted by Gasteiger charge is 2.33. The maximum Gasteiger partial charge on any atom is 0.0589 e. The second kappa shape index (κ2) is 4.98. The van der Waals surface area contributed by atoms with Crippen molar-refractivity contribution in [3.05, 3.63) is 35.9 Å². The van der Waals surface area contributed by atoms with Crippen LogP contribution in [0.25, 0.3) is 0 Å². The van der Waals surface area contributed by atoms with Gasteiger partial charge in [-0.1, -0.05) is 44.2 Å². The van der Waals surface area contributed by atoms with Crippen molar-refractivity contribution in [2.24, 2.45) is 5.92 Å². The van der Waals surface area contributed by atoms with Crippen molar-refractivity contribution in [1.29, 1.82) is 0 Å². The Morgan fingerprint density at radius 3 is 2.38 bits per heavy atom. The molecule has 1 aromatic carbocycles. The van der Waals surface area contributed by atoms with Crippen LogP contribution in [0.3, 0.4) is 0 Å². The molecule has 88 valence electrons. The normalized spacial score (nSPS) is 19.8. The number of aliphatic hydroxyl groups excluding tert-OH is 1. The Morgan fingerprint density at radius 2 is 1.88 bits per heavy atom. The minimum Gasteiger partial charge on any atom is -0.395 e. The first-order valence-corrected chi connectivity index (χ1v) is 6.12. The summed E-state index contributed by atoms with van der Waals surface area (Å²) in [6, 6.07) is 11.0. The lowest BCUT2D eigenvalue weighted by Gasteiger charge is -2.45. The third-order valence-electron chi connectivity index (χ3n) is 3.61. The molecule has 0 saturated carbocycles. The quantitative estimate of drug-likeness (QED) is 0.838. The fourth-order valence-corrected chi connectivity index (χ4v) is 2.47. The van der Waals surface area contributed by atoms with Gasteiger partial charge in [0.1, 0.15) is 0 Å². The predicted molar refractivity (Wildman–Crippen MR) is 66.5 cm³/mol. The summed E-state index contributed by atoms with van der Waals surface area (Å²) in [4.78, 5) is 2.39. The minimum absolute atomic E-state index is 0.277. The maximum atomic E-state index is 9.35. The van der Waals surface area contributed by atoms with Gasteiger partial charge in [0, 0.05) is 25.0 Å². The van der Waals surface area contributed by atoms with Crippen molar-refractivity contribution in [2.45, 2.75) is 25.8 Å². The number of hydrogen-bond acceptors (Lipinski definition) is 2. The summed E-state index contributed by atoms with van der Waals surface area (Å²) < 4.78 is 0.